The second-order valence-corrected chi connectivity index (χ2v) is 6.63. The van der Waals surface area contributed by atoms with E-state index in [9.17, 15) is 9.59 Å². The molecule has 0 radical (unpaired) electrons. The van der Waals surface area contributed by atoms with Gasteiger partial charge in [-0.25, -0.2) is 0 Å². The molecule has 0 fully saturated rings. The van der Waals surface area contributed by atoms with Gasteiger partial charge in [-0.15, -0.1) is 0 Å². The van der Waals surface area contributed by atoms with E-state index in [4.69, 9.17) is 14.6 Å². The van der Waals surface area contributed by atoms with Crippen molar-refractivity contribution in [1.82, 2.24) is 5.32 Å². The van der Waals surface area contributed by atoms with Gasteiger partial charge in [-0.2, -0.15) is 0 Å². The maximum Gasteiger partial charge on any atom is 0.303 e. The van der Waals surface area contributed by atoms with Crippen molar-refractivity contribution in [1.29, 1.82) is 0 Å². The predicted octanol–water partition coefficient (Wildman–Crippen LogP) is 3.55. The summed E-state index contributed by atoms with van der Waals surface area (Å²) in [5.74, 6) is 0.272. The van der Waals surface area contributed by atoms with Crippen LogP contribution in [0.4, 0.5) is 0 Å². The molecule has 0 unspecified atom stereocenters. The number of carbonyl (C=O) groups excluding carboxylic acids is 1. The minimum Gasteiger partial charge on any atom is -0.490 e. The highest BCUT2D eigenvalue weighted by Crippen LogP contribution is 2.25. The van der Waals surface area contributed by atoms with Crippen LogP contribution in [0.1, 0.15) is 35.1 Å². The van der Waals surface area contributed by atoms with E-state index in [1.807, 2.05) is 44.2 Å². The van der Waals surface area contributed by atoms with Gasteiger partial charge in [-0.1, -0.05) is 30.3 Å². The molecule has 2 aromatic carbocycles. The van der Waals surface area contributed by atoms with Gasteiger partial charge in [0.15, 0.2) is 0 Å². The first kappa shape index (κ1) is 21.3. The molecule has 1 amide bonds. The summed E-state index contributed by atoms with van der Waals surface area (Å²) in [5, 5.41) is 11.4. The topological polar surface area (TPSA) is 84.9 Å². The molecule has 0 saturated carbocycles. The van der Waals surface area contributed by atoms with Crippen molar-refractivity contribution in [3.8, 4) is 11.5 Å². The molecule has 2 aromatic rings. The molecule has 2 rings (SSSR count). The smallest absolute Gasteiger partial charge is 0.303 e. The molecule has 0 bridgehead atoms. The van der Waals surface area contributed by atoms with E-state index >= 15 is 0 Å². The third-order valence-electron chi connectivity index (χ3n) is 4.48. The lowest BCUT2D eigenvalue weighted by Gasteiger charge is -2.15. The van der Waals surface area contributed by atoms with Crippen molar-refractivity contribution in [2.24, 2.45) is 0 Å². The Balaban J connectivity index is 1.86. The van der Waals surface area contributed by atoms with Crippen LogP contribution in [0.5, 0.6) is 11.5 Å². The lowest BCUT2D eigenvalue weighted by molar-refractivity contribution is -0.138. The van der Waals surface area contributed by atoms with Crippen LogP contribution in [-0.2, 0) is 16.1 Å². The van der Waals surface area contributed by atoms with Gasteiger partial charge < -0.3 is 19.9 Å². The van der Waals surface area contributed by atoms with E-state index in [0.717, 1.165) is 22.4 Å². The first-order valence-electron chi connectivity index (χ1n) is 9.27. The Bertz CT molecular complexity index is 832. The normalized spacial score (nSPS) is 10.4. The Morgan fingerprint density at radius 1 is 0.929 bits per heavy atom. The number of amides is 1. The van der Waals surface area contributed by atoms with Gasteiger partial charge in [-0.3, -0.25) is 9.59 Å². The van der Waals surface area contributed by atoms with Crippen LogP contribution in [0.25, 0.3) is 0 Å². The molecule has 0 heterocycles. The third kappa shape index (κ3) is 6.30. The van der Waals surface area contributed by atoms with Gasteiger partial charge in [0, 0.05) is 18.5 Å². The van der Waals surface area contributed by atoms with Crippen molar-refractivity contribution in [3.05, 3.63) is 58.7 Å². The summed E-state index contributed by atoms with van der Waals surface area (Å²) in [6.07, 6.45) is -0.222. The number of rotatable bonds is 10. The Labute approximate surface area is 165 Å². The monoisotopic (exact) mass is 385 g/mol. The van der Waals surface area contributed by atoms with Crippen LogP contribution in [-0.4, -0.2) is 30.2 Å². The van der Waals surface area contributed by atoms with Crippen LogP contribution in [0, 0.1) is 20.8 Å². The standard InChI is InChI=1S/C22H27NO5/c1-15-8-9-16(2)22(17(15)3)28-13-12-27-19-7-5-4-6-18(19)14-23-20(24)10-11-21(25)26/h4-9H,10-14H2,1-3H3,(H,23,24)(H,25,26). The number of ether oxygens (including phenoxy) is 2. The van der Waals surface area contributed by atoms with Gasteiger partial charge in [0.2, 0.25) is 5.91 Å². The van der Waals surface area contributed by atoms with E-state index in [1.54, 1.807) is 0 Å². The number of hydrogen-bond donors (Lipinski definition) is 2. The molecular weight excluding hydrogens is 358 g/mol. The minimum atomic E-state index is -0.988. The van der Waals surface area contributed by atoms with Crippen LogP contribution in [0.3, 0.4) is 0 Å². The van der Waals surface area contributed by atoms with Crippen molar-refractivity contribution < 1.29 is 24.2 Å². The Morgan fingerprint density at radius 2 is 1.61 bits per heavy atom. The summed E-state index contributed by atoms with van der Waals surface area (Å²) in [6.45, 7) is 7.18. The lowest BCUT2D eigenvalue weighted by Crippen LogP contribution is -2.23. The number of carboxylic acid groups (broad SMARTS) is 1. The molecular formula is C22H27NO5. The molecule has 0 aromatic heterocycles. The molecule has 0 aliphatic carbocycles. The lowest BCUT2D eigenvalue weighted by atomic mass is 10.1. The van der Waals surface area contributed by atoms with Crippen LogP contribution >= 0.6 is 0 Å². The summed E-state index contributed by atoms with van der Waals surface area (Å²) in [6, 6.07) is 11.5. The van der Waals surface area contributed by atoms with Crippen LogP contribution in [0.2, 0.25) is 0 Å². The van der Waals surface area contributed by atoms with Gasteiger partial charge >= 0.3 is 5.97 Å². The number of hydrogen-bond acceptors (Lipinski definition) is 4. The average molecular weight is 385 g/mol. The Morgan fingerprint density at radius 3 is 2.36 bits per heavy atom. The molecule has 2 N–H and O–H groups in total. The molecule has 0 aliphatic rings. The first-order valence-corrected chi connectivity index (χ1v) is 9.27. The Hall–Kier alpha value is -3.02. The van der Waals surface area contributed by atoms with E-state index in [-0.39, 0.29) is 25.3 Å². The van der Waals surface area contributed by atoms with Gasteiger partial charge in [-0.05, 0) is 43.5 Å². The van der Waals surface area contributed by atoms with Gasteiger partial charge in [0.25, 0.3) is 0 Å². The minimum absolute atomic E-state index is 0.0403. The zero-order valence-corrected chi connectivity index (χ0v) is 16.6. The fraction of sp³-hybridized carbons (Fsp3) is 0.364. The second-order valence-electron chi connectivity index (χ2n) is 6.63. The molecule has 6 nitrogen and oxygen atoms in total. The molecule has 0 atom stereocenters. The zero-order valence-electron chi connectivity index (χ0n) is 16.6. The highest BCUT2D eigenvalue weighted by Gasteiger charge is 2.09. The summed E-state index contributed by atoms with van der Waals surface area (Å²) in [4.78, 5) is 22.2. The maximum atomic E-state index is 11.7. The summed E-state index contributed by atoms with van der Waals surface area (Å²) in [7, 11) is 0. The zero-order chi connectivity index (χ0) is 20.5. The summed E-state index contributed by atoms with van der Waals surface area (Å²) in [5.41, 5.74) is 4.23. The fourth-order valence-corrected chi connectivity index (χ4v) is 2.74. The van der Waals surface area contributed by atoms with E-state index in [2.05, 4.69) is 18.3 Å². The molecule has 150 valence electrons. The number of carboxylic acids is 1. The highest BCUT2D eigenvalue weighted by atomic mass is 16.5. The fourth-order valence-electron chi connectivity index (χ4n) is 2.74. The first-order chi connectivity index (χ1) is 13.4. The van der Waals surface area contributed by atoms with E-state index in [1.165, 1.54) is 5.56 Å². The largest absolute Gasteiger partial charge is 0.490 e. The number of aryl methyl sites for hydroxylation is 2. The molecule has 0 aliphatic heterocycles. The van der Waals surface area contributed by atoms with Crippen molar-refractivity contribution >= 4 is 11.9 Å². The van der Waals surface area contributed by atoms with Crippen LogP contribution in [0.15, 0.2) is 36.4 Å². The quantitative estimate of drug-likeness (QED) is 0.611. The summed E-state index contributed by atoms with van der Waals surface area (Å²) < 4.78 is 11.7. The predicted molar refractivity (Wildman–Crippen MR) is 107 cm³/mol. The molecule has 0 spiro atoms. The molecule has 6 heteroatoms. The third-order valence-corrected chi connectivity index (χ3v) is 4.48. The number of carbonyl (C=O) groups is 2. The highest BCUT2D eigenvalue weighted by molar-refractivity contribution is 5.80. The average Bonchev–Trinajstić information content (AvgIpc) is 2.67. The SMILES string of the molecule is Cc1ccc(C)c(OCCOc2ccccc2CNC(=O)CCC(=O)O)c1C. The van der Waals surface area contributed by atoms with E-state index in [0.29, 0.717) is 19.0 Å². The number of nitrogens with one attached hydrogen (secondary N) is 1. The van der Waals surface area contributed by atoms with Crippen molar-refractivity contribution in [2.45, 2.75) is 40.2 Å². The summed E-state index contributed by atoms with van der Waals surface area (Å²) >= 11 is 0. The van der Waals surface area contributed by atoms with Crippen molar-refractivity contribution in [2.75, 3.05) is 13.2 Å². The van der Waals surface area contributed by atoms with Gasteiger partial charge in [0.1, 0.15) is 24.7 Å². The second kappa shape index (κ2) is 10.3. The molecule has 0 saturated heterocycles. The van der Waals surface area contributed by atoms with Crippen molar-refractivity contribution in [3.63, 3.8) is 0 Å². The number of benzene rings is 2. The number of para-hydroxylation sites is 1. The van der Waals surface area contributed by atoms with E-state index < -0.39 is 5.97 Å². The Kier molecular flexibility index (Phi) is 7.87. The maximum absolute atomic E-state index is 11.7. The molecule has 28 heavy (non-hydrogen) atoms. The van der Waals surface area contributed by atoms with Gasteiger partial charge in [0.05, 0.1) is 6.42 Å². The number of aliphatic carboxylic acids is 1. The van der Waals surface area contributed by atoms with Crippen LogP contribution < -0.4 is 14.8 Å².